The fourth-order valence-corrected chi connectivity index (χ4v) is 1.61. The van der Waals surface area contributed by atoms with Gasteiger partial charge in [0.05, 0.1) is 17.1 Å². The first-order chi connectivity index (χ1) is 8.95. The van der Waals surface area contributed by atoms with E-state index in [1.54, 1.807) is 13.0 Å². The Morgan fingerprint density at radius 1 is 1.37 bits per heavy atom. The molecule has 0 radical (unpaired) electrons. The average molecular weight is 283 g/mol. The van der Waals surface area contributed by atoms with E-state index in [4.69, 9.17) is 16.3 Å². The van der Waals surface area contributed by atoms with Crippen LogP contribution in [0.1, 0.15) is 5.56 Å². The molecule has 7 heteroatoms. The van der Waals surface area contributed by atoms with Crippen molar-refractivity contribution in [1.82, 2.24) is 4.98 Å². The lowest BCUT2D eigenvalue weighted by atomic mass is 10.2. The van der Waals surface area contributed by atoms with E-state index in [0.717, 1.165) is 17.7 Å². The third-order valence-electron chi connectivity index (χ3n) is 2.27. The molecule has 98 valence electrons. The number of aryl methyl sites for hydroxylation is 1. The van der Waals surface area contributed by atoms with Gasteiger partial charge in [-0.15, -0.1) is 0 Å². The fourth-order valence-electron chi connectivity index (χ4n) is 1.42. The molecule has 1 aromatic carbocycles. The van der Waals surface area contributed by atoms with E-state index < -0.39 is 10.7 Å². The van der Waals surface area contributed by atoms with Crippen molar-refractivity contribution in [3.05, 3.63) is 57.0 Å². The smallest absolute Gasteiger partial charge is 0.277 e. The second kappa shape index (κ2) is 5.19. The van der Waals surface area contributed by atoms with E-state index in [2.05, 4.69) is 4.98 Å². The predicted molar refractivity (Wildman–Crippen MR) is 67.1 cm³/mol. The van der Waals surface area contributed by atoms with Crippen molar-refractivity contribution in [2.45, 2.75) is 6.92 Å². The van der Waals surface area contributed by atoms with Crippen LogP contribution in [0, 0.1) is 22.9 Å². The molecule has 0 saturated heterocycles. The van der Waals surface area contributed by atoms with E-state index in [1.807, 2.05) is 0 Å². The molecule has 1 aromatic heterocycles. The molecule has 0 amide bonds. The third-order valence-corrected chi connectivity index (χ3v) is 2.46. The maximum atomic E-state index is 13.5. The first-order valence-corrected chi connectivity index (χ1v) is 5.59. The van der Waals surface area contributed by atoms with Crippen LogP contribution in [0.2, 0.25) is 5.15 Å². The van der Waals surface area contributed by atoms with Crippen molar-refractivity contribution in [2.24, 2.45) is 0 Å². The number of hydrogen-bond donors (Lipinski definition) is 0. The predicted octanol–water partition coefficient (Wildman–Crippen LogP) is 3.88. The van der Waals surface area contributed by atoms with Gasteiger partial charge in [0.25, 0.3) is 5.69 Å². The standard InChI is InChI=1S/C12H8ClFN2O3/c1-7-2-3-9(14)10(4-7)19-12-6-8(16(17)18)5-11(13)15-12/h2-6H,1H3. The Morgan fingerprint density at radius 2 is 2.11 bits per heavy atom. The van der Waals surface area contributed by atoms with E-state index in [9.17, 15) is 14.5 Å². The highest BCUT2D eigenvalue weighted by Crippen LogP contribution is 2.28. The summed E-state index contributed by atoms with van der Waals surface area (Å²) in [6.07, 6.45) is 0. The highest BCUT2D eigenvalue weighted by atomic mass is 35.5. The van der Waals surface area contributed by atoms with Crippen molar-refractivity contribution in [1.29, 1.82) is 0 Å². The molecule has 5 nitrogen and oxygen atoms in total. The SMILES string of the molecule is Cc1ccc(F)c(Oc2cc([N+](=O)[O-])cc(Cl)n2)c1. The number of benzene rings is 1. The average Bonchev–Trinajstić information content (AvgIpc) is 2.33. The molecule has 1 heterocycles. The van der Waals surface area contributed by atoms with Crippen LogP contribution in [-0.2, 0) is 0 Å². The first kappa shape index (κ1) is 13.2. The highest BCUT2D eigenvalue weighted by molar-refractivity contribution is 6.29. The summed E-state index contributed by atoms with van der Waals surface area (Å²) in [5.41, 5.74) is 0.510. The molecule has 0 bridgehead atoms. The van der Waals surface area contributed by atoms with Gasteiger partial charge < -0.3 is 4.74 Å². The zero-order valence-electron chi connectivity index (χ0n) is 9.76. The van der Waals surface area contributed by atoms with Gasteiger partial charge in [-0.2, -0.15) is 0 Å². The molecule has 0 aliphatic rings. The monoisotopic (exact) mass is 282 g/mol. The largest absolute Gasteiger partial charge is 0.436 e. The molecule has 0 aliphatic heterocycles. The first-order valence-electron chi connectivity index (χ1n) is 5.21. The fraction of sp³-hybridized carbons (Fsp3) is 0.0833. The van der Waals surface area contributed by atoms with Gasteiger partial charge in [-0.1, -0.05) is 17.7 Å². The molecule has 19 heavy (non-hydrogen) atoms. The van der Waals surface area contributed by atoms with E-state index in [0.29, 0.717) is 0 Å². The normalized spacial score (nSPS) is 10.3. The van der Waals surface area contributed by atoms with E-state index >= 15 is 0 Å². The van der Waals surface area contributed by atoms with Crippen LogP contribution in [0.3, 0.4) is 0 Å². The Kier molecular flexibility index (Phi) is 3.62. The van der Waals surface area contributed by atoms with Crippen LogP contribution >= 0.6 is 11.6 Å². The Labute approximate surface area is 112 Å². The Balaban J connectivity index is 2.38. The van der Waals surface area contributed by atoms with Gasteiger partial charge in [0.2, 0.25) is 5.88 Å². The van der Waals surface area contributed by atoms with Gasteiger partial charge >= 0.3 is 0 Å². The second-order valence-corrected chi connectivity index (χ2v) is 4.17. The van der Waals surface area contributed by atoms with Gasteiger partial charge in [0.15, 0.2) is 11.6 Å². The molecular formula is C12H8ClFN2O3. The summed E-state index contributed by atoms with van der Waals surface area (Å²) in [6.45, 7) is 1.76. The molecule has 0 spiro atoms. The minimum Gasteiger partial charge on any atom is -0.436 e. The zero-order valence-corrected chi connectivity index (χ0v) is 10.5. The molecule has 2 rings (SSSR count). The summed E-state index contributed by atoms with van der Waals surface area (Å²) in [5.74, 6) is -0.789. The number of nitro groups is 1. The maximum absolute atomic E-state index is 13.5. The van der Waals surface area contributed by atoms with Crippen LogP contribution in [0.4, 0.5) is 10.1 Å². The highest BCUT2D eigenvalue weighted by Gasteiger charge is 2.13. The number of pyridine rings is 1. The van der Waals surface area contributed by atoms with Crippen LogP contribution < -0.4 is 4.74 Å². The lowest BCUT2D eigenvalue weighted by Gasteiger charge is -2.06. The van der Waals surface area contributed by atoms with E-state index in [-0.39, 0.29) is 22.5 Å². The summed E-state index contributed by atoms with van der Waals surface area (Å²) >= 11 is 5.64. The minimum absolute atomic E-state index is 0.0657. The summed E-state index contributed by atoms with van der Waals surface area (Å²) in [5, 5.41) is 10.6. The van der Waals surface area contributed by atoms with Crippen molar-refractivity contribution >= 4 is 17.3 Å². The molecule has 0 atom stereocenters. The van der Waals surface area contributed by atoms with Gasteiger partial charge in [0, 0.05) is 0 Å². The lowest BCUT2D eigenvalue weighted by Crippen LogP contribution is -1.95. The summed E-state index contributed by atoms with van der Waals surface area (Å²) in [6, 6.07) is 6.44. The zero-order chi connectivity index (χ0) is 14.0. The number of aromatic nitrogens is 1. The molecule has 0 N–H and O–H groups in total. The molecular weight excluding hydrogens is 275 g/mol. The summed E-state index contributed by atoms with van der Waals surface area (Å²) < 4.78 is 18.7. The topological polar surface area (TPSA) is 65.3 Å². The van der Waals surface area contributed by atoms with Crippen molar-refractivity contribution in [2.75, 3.05) is 0 Å². The van der Waals surface area contributed by atoms with Crippen LogP contribution in [-0.4, -0.2) is 9.91 Å². The van der Waals surface area contributed by atoms with Crippen LogP contribution in [0.5, 0.6) is 11.6 Å². The third kappa shape index (κ3) is 3.17. The maximum Gasteiger partial charge on any atom is 0.277 e. The van der Waals surface area contributed by atoms with Gasteiger partial charge in [-0.25, -0.2) is 9.37 Å². The Bertz CT molecular complexity index is 649. The van der Waals surface area contributed by atoms with Crippen LogP contribution in [0.25, 0.3) is 0 Å². The molecule has 0 saturated carbocycles. The van der Waals surface area contributed by atoms with Gasteiger partial charge in [-0.3, -0.25) is 10.1 Å². The molecule has 0 fully saturated rings. The Hall–Kier alpha value is -2.21. The minimum atomic E-state index is -0.632. The molecule has 0 aliphatic carbocycles. The van der Waals surface area contributed by atoms with Gasteiger partial charge in [0.1, 0.15) is 5.15 Å². The Morgan fingerprint density at radius 3 is 2.79 bits per heavy atom. The molecule has 0 unspecified atom stereocenters. The number of nitrogens with zero attached hydrogens (tertiary/aromatic N) is 2. The number of rotatable bonds is 3. The number of ether oxygens (including phenoxy) is 1. The van der Waals surface area contributed by atoms with Gasteiger partial charge in [-0.05, 0) is 24.6 Å². The van der Waals surface area contributed by atoms with Crippen molar-refractivity contribution in [3.8, 4) is 11.6 Å². The lowest BCUT2D eigenvalue weighted by molar-refractivity contribution is -0.385. The second-order valence-electron chi connectivity index (χ2n) is 3.78. The number of halogens is 2. The van der Waals surface area contributed by atoms with Crippen molar-refractivity contribution < 1.29 is 14.1 Å². The summed E-state index contributed by atoms with van der Waals surface area (Å²) in [4.78, 5) is 13.8. The van der Waals surface area contributed by atoms with Crippen LogP contribution in [0.15, 0.2) is 30.3 Å². The van der Waals surface area contributed by atoms with Crippen molar-refractivity contribution in [3.63, 3.8) is 0 Å². The number of hydrogen-bond acceptors (Lipinski definition) is 4. The van der Waals surface area contributed by atoms with E-state index in [1.165, 1.54) is 12.1 Å². The molecule has 2 aromatic rings. The summed E-state index contributed by atoms with van der Waals surface area (Å²) in [7, 11) is 0. The quantitative estimate of drug-likeness (QED) is 0.487.